The van der Waals surface area contributed by atoms with Gasteiger partial charge in [-0.3, -0.25) is 0 Å². The Labute approximate surface area is 110 Å². The average molecular weight is 289 g/mol. The Bertz CT molecular complexity index is 566. The van der Waals surface area contributed by atoms with Crippen molar-refractivity contribution < 1.29 is 28.5 Å². The van der Waals surface area contributed by atoms with E-state index in [9.17, 15) is 18.3 Å². The third-order valence-electron chi connectivity index (χ3n) is 2.37. The number of aliphatic hydroxyl groups excluding tert-OH is 1. The molecule has 0 fully saturated rings. The molecule has 0 saturated carbocycles. The summed E-state index contributed by atoms with van der Waals surface area (Å²) in [6.07, 6.45) is 0. The van der Waals surface area contributed by atoms with E-state index in [0.717, 1.165) is 6.07 Å². The van der Waals surface area contributed by atoms with E-state index in [1.807, 2.05) is 0 Å². The van der Waals surface area contributed by atoms with Crippen molar-refractivity contribution in [2.45, 2.75) is 17.4 Å². The van der Waals surface area contributed by atoms with Crippen LogP contribution in [0.1, 0.15) is 17.3 Å². The second-order valence-electron chi connectivity index (χ2n) is 4.31. The Kier molecular flexibility index (Phi) is 4.64. The lowest BCUT2D eigenvalue weighted by Crippen LogP contribution is -2.43. The molecule has 0 spiro atoms. The molecule has 0 aromatic heterocycles. The predicted molar refractivity (Wildman–Crippen MR) is 66.3 cm³/mol. The first-order valence-electron chi connectivity index (χ1n) is 5.34. The van der Waals surface area contributed by atoms with Crippen LogP contribution in [0.25, 0.3) is 0 Å². The zero-order valence-electron chi connectivity index (χ0n) is 10.2. The monoisotopic (exact) mass is 289 g/mol. The van der Waals surface area contributed by atoms with Gasteiger partial charge in [0, 0.05) is 6.54 Å². The van der Waals surface area contributed by atoms with Crippen LogP contribution in [0.3, 0.4) is 0 Å². The van der Waals surface area contributed by atoms with Gasteiger partial charge < -0.3 is 15.3 Å². The van der Waals surface area contributed by atoms with Crippen molar-refractivity contribution in [3.05, 3.63) is 29.8 Å². The van der Waals surface area contributed by atoms with Crippen molar-refractivity contribution in [3.8, 4) is 0 Å². The molecule has 7 nitrogen and oxygen atoms in total. The van der Waals surface area contributed by atoms with E-state index in [4.69, 9.17) is 10.2 Å². The molecular formula is C11H15NO6S. The van der Waals surface area contributed by atoms with E-state index in [1.54, 1.807) is 0 Å². The molecule has 4 N–H and O–H groups in total. The van der Waals surface area contributed by atoms with Crippen molar-refractivity contribution in [2.75, 3.05) is 13.2 Å². The van der Waals surface area contributed by atoms with E-state index in [2.05, 4.69) is 4.72 Å². The molecule has 0 heterocycles. The van der Waals surface area contributed by atoms with Crippen molar-refractivity contribution in [1.29, 1.82) is 0 Å². The second kappa shape index (κ2) is 5.66. The highest BCUT2D eigenvalue weighted by molar-refractivity contribution is 7.89. The fourth-order valence-corrected chi connectivity index (χ4v) is 2.39. The lowest BCUT2D eigenvalue weighted by Gasteiger charge is -2.20. The molecular weight excluding hydrogens is 274 g/mol. The van der Waals surface area contributed by atoms with Gasteiger partial charge in [0.2, 0.25) is 10.0 Å². The van der Waals surface area contributed by atoms with E-state index in [0.29, 0.717) is 0 Å². The molecule has 0 aliphatic rings. The minimum atomic E-state index is -3.94. The highest BCUT2D eigenvalue weighted by atomic mass is 32.2. The van der Waals surface area contributed by atoms with Crippen molar-refractivity contribution in [3.63, 3.8) is 0 Å². The number of carboxylic acids is 1. The molecule has 1 aromatic carbocycles. The summed E-state index contributed by atoms with van der Waals surface area (Å²) in [4.78, 5) is 10.5. The van der Waals surface area contributed by atoms with E-state index in [-0.39, 0.29) is 17.0 Å². The number of nitrogens with one attached hydrogen (secondary N) is 1. The molecule has 0 aliphatic heterocycles. The van der Waals surface area contributed by atoms with Gasteiger partial charge in [0.15, 0.2) is 0 Å². The minimum Gasteiger partial charge on any atom is -0.478 e. The van der Waals surface area contributed by atoms with Crippen LogP contribution >= 0.6 is 0 Å². The van der Waals surface area contributed by atoms with Gasteiger partial charge in [0.25, 0.3) is 0 Å². The molecule has 1 aromatic rings. The van der Waals surface area contributed by atoms with E-state index in [1.165, 1.54) is 25.1 Å². The zero-order valence-corrected chi connectivity index (χ0v) is 11.0. The number of carbonyl (C=O) groups is 1. The number of sulfonamides is 1. The molecule has 0 radical (unpaired) electrons. The highest BCUT2D eigenvalue weighted by Crippen LogP contribution is 2.12. The number of aliphatic hydroxyl groups is 2. The lowest BCUT2D eigenvalue weighted by molar-refractivity contribution is 0.00681. The van der Waals surface area contributed by atoms with Gasteiger partial charge in [-0.2, -0.15) is 0 Å². The normalized spacial score (nSPS) is 14.9. The summed E-state index contributed by atoms with van der Waals surface area (Å²) in [5.74, 6) is -1.24. The standard InChI is InChI=1S/C11H15NO6S/c1-11(16,7-13)6-12-19(17,18)9-4-2-3-8(5-9)10(14)15/h2-5,12-13,16H,6-7H2,1H3,(H,14,15). The molecule has 8 heteroatoms. The van der Waals surface area contributed by atoms with E-state index < -0.39 is 28.2 Å². The summed E-state index contributed by atoms with van der Waals surface area (Å²) in [6.45, 7) is 0.275. The Hall–Kier alpha value is -1.48. The summed E-state index contributed by atoms with van der Waals surface area (Å²) in [7, 11) is -3.94. The maximum absolute atomic E-state index is 11.9. The molecule has 1 atom stereocenters. The average Bonchev–Trinajstić information content (AvgIpc) is 2.37. The molecule has 0 bridgehead atoms. The van der Waals surface area contributed by atoms with Gasteiger partial charge in [-0.1, -0.05) is 6.07 Å². The molecule has 0 aliphatic carbocycles. The number of hydrogen-bond donors (Lipinski definition) is 4. The molecule has 1 rings (SSSR count). The number of hydrogen-bond acceptors (Lipinski definition) is 5. The Balaban J connectivity index is 2.95. The van der Waals surface area contributed by atoms with Gasteiger partial charge in [-0.05, 0) is 25.1 Å². The Morgan fingerprint density at radius 3 is 2.58 bits per heavy atom. The van der Waals surface area contributed by atoms with Crippen LogP contribution in [0.15, 0.2) is 29.2 Å². The highest BCUT2D eigenvalue weighted by Gasteiger charge is 2.23. The SMILES string of the molecule is CC(O)(CO)CNS(=O)(=O)c1cccc(C(=O)O)c1. The molecule has 0 saturated heterocycles. The van der Waals surface area contributed by atoms with Crippen LogP contribution < -0.4 is 4.72 Å². The smallest absolute Gasteiger partial charge is 0.335 e. The maximum Gasteiger partial charge on any atom is 0.335 e. The van der Waals surface area contributed by atoms with E-state index >= 15 is 0 Å². The molecule has 19 heavy (non-hydrogen) atoms. The lowest BCUT2D eigenvalue weighted by atomic mass is 10.1. The topological polar surface area (TPSA) is 124 Å². The van der Waals surface area contributed by atoms with Crippen LogP contribution in [-0.4, -0.2) is 48.5 Å². The number of aromatic carboxylic acids is 1. The molecule has 1 unspecified atom stereocenters. The second-order valence-corrected chi connectivity index (χ2v) is 6.08. The summed E-state index contributed by atoms with van der Waals surface area (Å²) >= 11 is 0. The zero-order chi connectivity index (χ0) is 14.7. The Morgan fingerprint density at radius 1 is 1.42 bits per heavy atom. The van der Waals surface area contributed by atoms with Crippen molar-refractivity contribution >= 4 is 16.0 Å². The van der Waals surface area contributed by atoms with Crippen LogP contribution in [0, 0.1) is 0 Å². The first-order valence-corrected chi connectivity index (χ1v) is 6.82. The summed E-state index contributed by atoms with van der Waals surface area (Å²) in [5, 5.41) is 27.1. The number of benzene rings is 1. The third kappa shape index (κ3) is 4.28. The fraction of sp³-hybridized carbons (Fsp3) is 0.364. The number of carboxylic acid groups (broad SMARTS) is 1. The minimum absolute atomic E-state index is 0.156. The third-order valence-corrected chi connectivity index (χ3v) is 3.77. The van der Waals surface area contributed by atoms with Gasteiger partial charge in [0.1, 0.15) is 0 Å². The maximum atomic E-state index is 11.9. The van der Waals surface area contributed by atoms with Crippen LogP contribution in [0.4, 0.5) is 0 Å². The van der Waals surface area contributed by atoms with Gasteiger partial charge >= 0.3 is 5.97 Å². The quantitative estimate of drug-likeness (QED) is 0.555. The van der Waals surface area contributed by atoms with Gasteiger partial charge in [0.05, 0.1) is 22.7 Å². The van der Waals surface area contributed by atoms with Crippen molar-refractivity contribution in [1.82, 2.24) is 4.72 Å². The Morgan fingerprint density at radius 2 is 2.05 bits per heavy atom. The van der Waals surface area contributed by atoms with Crippen LogP contribution in [0.5, 0.6) is 0 Å². The first kappa shape index (κ1) is 15.6. The van der Waals surface area contributed by atoms with Gasteiger partial charge in [-0.15, -0.1) is 0 Å². The van der Waals surface area contributed by atoms with Crippen LogP contribution in [0.2, 0.25) is 0 Å². The largest absolute Gasteiger partial charge is 0.478 e. The molecule has 0 amide bonds. The first-order chi connectivity index (χ1) is 8.68. The summed E-state index contributed by atoms with van der Waals surface area (Å²) in [6, 6.07) is 4.83. The fourth-order valence-electron chi connectivity index (χ4n) is 1.19. The molecule has 106 valence electrons. The van der Waals surface area contributed by atoms with Crippen molar-refractivity contribution in [2.24, 2.45) is 0 Å². The van der Waals surface area contributed by atoms with Crippen LogP contribution in [-0.2, 0) is 10.0 Å². The number of rotatable bonds is 6. The summed E-state index contributed by atoms with van der Waals surface area (Å²) < 4.78 is 25.8. The van der Waals surface area contributed by atoms with Gasteiger partial charge in [-0.25, -0.2) is 17.9 Å². The predicted octanol–water partition coefficient (Wildman–Crippen LogP) is -0.594. The summed E-state index contributed by atoms with van der Waals surface area (Å²) in [5.41, 5.74) is -1.74.